The van der Waals surface area contributed by atoms with Gasteiger partial charge in [0, 0.05) is 13.0 Å². The second kappa shape index (κ2) is 8.22. The maximum atomic E-state index is 12.8. The molecular weight excluding hydrogens is 344 g/mol. The van der Waals surface area contributed by atoms with Crippen LogP contribution in [-0.2, 0) is 29.0 Å². The Morgan fingerprint density at radius 1 is 1.19 bits per heavy atom. The highest BCUT2D eigenvalue weighted by molar-refractivity contribution is 5.87. The van der Waals surface area contributed by atoms with Gasteiger partial charge in [0.25, 0.3) is 0 Å². The third-order valence-electron chi connectivity index (χ3n) is 5.00. The smallest absolute Gasteiger partial charge is 0.326 e. The van der Waals surface area contributed by atoms with Crippen LogP contribution in [-0.4, -0.2) is 48.1 Å². The maximum Gasteiger partial charge on any atom is 0.326 e. The van der Waals surface area contributed by atoms with Crippen molar-refractivity contribution >= 4 is 11.9 Å². The molecule has 6 heteroatoms. The molecule has 0 saturated carbocycles. The summed E-state index contributed by atoms with van der Waals surface area (Å²) >= 11 is 0. The van der Waals surface area contributed by atoms with Gasteiger partial charge >= 0.3 is 5.97 Å². The summed E-state index contributed by atoms with van der Waals surface area (Å²) in [4.78, 5) is 26.4. The van der Waals surface area contributed by atoms with Gasteiger partial charge < -0.3 is 15.2 Å². The minimum atomic E-state index is -1.04. The van der Waals surface area contributed by atoms with E-state index in [9.17, 15) is 14.7 Å². The van der Waals surface area contributed by atoms with Crippen molar-refractivity contribution in [3.8, 4) is 5.75 Å². The molecule has 0 saturated heterocycles. The highest BCUT2D eigenvalue weighted by atomic mass is 16.5. The number of carboxylic acids is 1. The second-order valence-electron chi connectivity index (χ2n) is 6.86. The standard InChI is InChI=1S/C21H24N2O4/c1-23-13-16-6-4-3-5-15(16)12-19(23)20(24)22-18(21(25)26)11-14-7-9-17(27-2)10-8-14/h3-10,18-19H,11-13H2,1-2H3,(H,22,24)(H,25,26). The first-order chi connectivity index (χ1) is 13.0. The number of amides is 1. The molecule has 2 aromatic carbocycles. The van der Waals surface area contributed by atoms with Gasteiger partial charge in [0.05, 0.1) is 13.2 Å². The number of rotatable bonds is 6. The zero-order valence-corrected chi connectivity index (χ0v) is 15.5. The van der Waals surface area contributed by atoms with E-state index in [0.29, 0.717) is 18.7 Å². The number of carbonyl (C=O) groups excluding carboxylic acids is 1. The lowest BCUT2D eigenvalue weighted by Gasteiger charge is -2.33. The van der Waals surface area contributed by atoms with Crippen LogP contribution in [0.15, 0.2) is 48.5 Å². The van der Waals surface area contributed by atoms with Gasteiger partial charge in [-0.3, -0.25) is 9.69 Å². The molecule has 0 fully saturated rings. The molecule has 0 aromatic heterocycles. The summed E-state index contributed by atoms with van der Waals surface area (Å²) in [5.41, 5.74) is 3.17. The van der Waals surface area contributed by atoms with Crippen LogP contribution in [0.25, 0.3) is 0 Å². The van der Waals surface area contributed by atoms with Gasteiger partial charge in [-0.15, -0.1) is 0 Å². The van der Waals surface area contributed by atoms with Crippen molar-refractivity contribution in [2.75, 3.05) is 14.2 Å². The van der Waals surface area contributed by atoms with Gasteiger partial charge in [0.15, 0.2) is 0 Å². The zero-order chi connectivity index (χ0) is 19.4. The Morgan fingerprint density at radius 2 is 1.85 bits per heavy atom. The maximum absolute atomic E-state index is 12.8. The third-order valence-corrected chi connectivity index (χ3v) is 5.00. The molecule has 2 unspecified atom stereocenters. The molecule has 1 heterocycles. The molecule has 142 valence electrons. The number of methoxy groups -OCH3 is 1. The van der Waals surface area contributed by atoms with E-state index in [1.807, 2.05) is 42.3 Å². The first kappa shape index (κ1) is 18.9. The number of ether oxygens (including phenoxy) is 1. The lowest BCUT2D eigenvalue weighted by Crippen LogP contribution is -2.53. The first-order valence-corrected chi connectivity index (χ1v) is 8.91. The molecule has 2 atom stereocenters. The monoisotopic (exact) mass is 368 g/mol. The first-order valence-electron chi connectivity index (χ1n) is 8.91. The SMILES string of the molecule is COc1ccc(CC(NC(=O)C2Cc3ccccc3CN2C)C(=O)O)cc1. The Balaban J connectivity index is 1.69. The fourth-order valence-electron chi connectivity index (χ4n) is 3.41. The largest absolute Gasteiger partial charge is 0.497 e. The van der Waals surface area contributed by atoms with Gasteiger partial charge in [-0.05, 0) is 42.3 Å². The highest BCUT2D eigenvalue weighted by Crippen LogP contribution is 2.22. The highest BCUT2D eigenvalue weighted by Gasteiger charge is 2.31. The van der Waals surface area contributed by atoms with E-state index in [1.54, 1.807) is 19.2 Å². The molecule has 2 N–H and O–H groups in total. The van der Waals surface area contributed by atoms with Crippen molar-refractivity contribution in [3.63, 3.8) is 0 Å². The van der Waals surface area contributed by atoms with Gasteiger partial charge in [-0.25, -0.2) is 4.79 Å². The zero-order valence-electron chi connectivity index (χ0n) is 15.5. The number of carboxylic acid groups (broad SMARTS) is 1. The number of benzene rings is 2. The summed E-state index contributed by atoms with van der Waals surface area (Å²) in [5, 5.41) is 12.3. The number of hydrogen-bond acceptors (Lipinski definition) is 4. The van der Waals surface area contributed by atoms with E-state index in [-0.39, 0.29) is 18.4 Å². The van der Waals surface area contributed by atoms with E-state index < -0.39 is 12.0 Å². The van der Waals surface area contributed by atoms with E-state index in [0.717, 1.165) is 11.1 Å². The number of carbonyl (C=O) groups is 2. The summed E-state index contributed by atoms with van der Waals surface area (Å²) in [5.74, 6) is -0.594. The summed E-state index contributed by atoms with van der Waals surface area (Å²) in [7, 11) is 3.47. The predicted molar refractivity (Wildman–Crippen MR) is 102 cm³/mol. The number of fused-ring (bicyclic) bond motifs is 1. The normalized spacial score (nSPS) is 17.6. The Bertz CT molecular complexity index is 819. The lowest BCUT2D eigenvalue weighted by atomic mass is 9.93. The molecule has 6 nitrogen and oxygen atoms in total. The van der Waals surface area contributed by atoms with Crippen LogP contribution in [0.4, 0.5) is 0 Å². The van der Waals surface area contributed by atoms with Crippen molar-refractivity contribution in [1.29, 1.82) is 0 Å². The van der Waals surface area contributed by atoms with Gasteiger partial charge in [-0.2, -0.15) is 0 Å². The minimum absolute atomic E-state index is 0.220. The van der Waals surface area contributed by atoms with Gasteiger partial charge in [0.1, 0.15) is 11.8 Å². The fourth-order valence-corrected chi connectivity index (χ4v) is 3.41. The number of aliphatic carboxylic acids is 1. The number of nitrogens with one attached hydrogen (secondary N) is 1. The third kappa shape index (κ3) is 4.46. The molecule has 2 aromatic rings. The fraction of sp³-hybridized carbons (Fsp3) is 0.333. The van der Waals surface area contributed by atoms with E-state index in [1.165, 1.54) is 5.56 Å². The number of hydrogen-bond donors (Lipinski definition) is 2. The van der Waals surface area contributed by atoms with Crippen LogP contribution in [0.3, 0.4) is 0 Å². The van der Waals surface area contributed by atoms with Gasteiger partial charge in [0.2, 0.25) is 5.91 Å². The van der Waals surface area contributed by atoms with Crippen molar-refractivity contribution in [2.45, 2.75) is 31.5 Å². The molecule has 0 aliphatic carbocycles. The Hall–Kier alpha value is -2.86. The predicted octanol–water partition coefficient (Wildman–Crippen LogP) is 1.86. The molecule has 1 aliphatic heterocycles. The molecule has 0 bridgehead atoms. The summed E-state index contributed by atoms with van der Waals surface area (Å²) in [6.07, 6.45) is 0.797. The molecule has 1 aliphatic rings. The van der Waals surface area contributed by atoms with E-state index in [4.69, 9.17) is 4.74 Å². The van der Waals surface area contributed by atoms with E-state index >= 15 is 0 Å². The molecule has 0 spiro atoms. The van der Waals surface area contributed by atoms with Crippen LogP contribution >= 0.6 is 0 Å². The van der Waals surface area contributed by atoms with Crippen molar-refractivity contribution in [1.82, 2.24) is 10.2 Å². The van der Waals surface area contributed by atoms with Crippen molar-refractivity contribution in [2.24, 2.45) is 0 Å². The van der Waals surface area contributed by atoms with Crippen molar-refractivity contribution in [3.05, 3.63) is 65.2 Å². The average Bonchev–Trinajstić information content (AvgIpc) is 2.67. The van der Waals surface area contributed by atoms with Crippen LogP contribution < -0.4 is 10.1 Å². The Kier molecular flexibility index (Phi) is 5.76. The summed E-state index contributed by atoms with van der Waals surface area (Å²) < 4.78 is 5.11. The molecular formula is C21H24N2O4. The Morgan fingerprint density at radius 3 is 2.48 bits per heavy atom. The topological polar surface area (TPSA) is 78.9 Å². The number of likely N-dealkylation sites (N-methyl/N-ethyl adjacent to an activating group) is 1. The van der Waals surface area contributed by atoms with Crippen LogP contribution in [0.5, 0.6) is 5.75 Å². The molecule has 27 heavy (non-hydrogen) atoms. The van der Waals surface area contributed by atoms with Gasteiger partial charge in [-0.1, -0.05) is 36.4 Å². The molecule has 1 amide bonds. The van der Waals surface area contributed by atoms with Crippen molar-refractivity contribution < 1.29 is 19.4 Å². The van der Waals surface area contributed by atoms with Crippen LogP contribution in [0.1, 0.15) is 16.7 Å². The average molecular weight is 368 g/mol. The molecule has 0 radical (unpaired) electrons. The number of nitrogens with zero attached hydrogens (tertiary/aromatic N) is 1. The lowest BCUT2D eigenvalue weighted by molar-refractivity contribution is -0.142. The van der Waals surface area contributed by atoms with Crippen LogP contribution in [0.2, 0.25) is 0 Å². The van der Waals surface area contributed by atoms with E-state index in [2.05, 4.69) is 11.4 Å². The van der Waals surface area contributed by atoms with Crippen LogP contribution in [0, 0.1) is 0 Å². The molecule has 3 rings (SSSR count). The second-order valence-corrected chi connectivity index (χ2v) is 6.86. The quantitative estimate of drug-likeness (QED) is 0.814. The minimum Gasteiger partial charge on any atom is -0.497 e. The Labute approximate surface area is 158 Å². The summed E-state index contributed by atoms with van der Waals surface area (Å²) in [6, 6.07) is 13.9. The summed E-state index contributed by atoms with van der Waals surface area (Å²) in [6.45, 7) is 0.671.